The standard InChI is InChI=1S/C11H11Si.C5H6N.2ClH.Ti/c1-12(2)11-7-9-5-3-4-6-10(9)8-11;1-5-2-3-6-4-5;;;/h3-7H,1-2H3;2-3,6H,1H3;2*1H;/q;;;;+2/p-2. The Hall–Kier alpha value is -0.379. The van der Waals surface area contributed by atoms with E-state index in [2.05, 4.69) is 67.6 Å². The summed E-state index contributed by atoms with van der Waals surface area (Å²) in [5.74, 6) is 0. The van der Waals surface area contributed by atoms with Gasteiger partial charge in [0.2, 0.25) is 0 Å². The van der Waals surface area contributed by atoms with Gasteiger partial charge in [0.05, 0.1) is 0 Å². The quantitative estimate of drug-likeness (QED) is 0.511. The predicted molar refractivity (Wildman–Crippen MR) is 81.2 cm³/mol. The van der Waals surface area contributed by atoms with E-state index >= 15 is 0 Å². The van der Waals surface area contributed by atoms with Crippen molar-refractivity contribution in [1.29, 1.82) is 0 Å². The average molecular weight is 370 g/mol. The Morgan fingerprint density at radius 1 is 1.05 bits per heavy atom. The SMILES string of the molecule is Cc1cc[nH][c]1[Ti+2][C]1=c2ccccc2=CC1=[Si](C)C.[Cl-].[Cl-]. The van der Waals surface area contributed by atoms with Crippen LogP contribution in [0.3, 0.4) is 0 Å². The van der Waals surface area contributed by atoms with Crippen LogP contribution >= 0.6 is 0 Å². The van der Waals surface area contributed by atoms with E-state index in [9.17, 15) is 0 Å². The summed E-state index contributed by atoms with van der Waals surface area (Å²) in [4.78, 5) is 3.44. The van der Waals surface area contributed by atoms with Gasteiger partial charge in [-0.05, 0) is 0 Å². The van der Waals surface area contributed by atoms with E-state index in [0.717, 1.165) is 0 Å². The van der Waals surface area contributed by atoms with Crippen molar-refractivity contribution in [3.05, 3.63) is 52.5 Å². The summed E-state index contributed by atoms with van der Waals surface area (Å²) < 4.78 is 3.13. The molecule has 0 unspecified atom stereocenters. The van der Waals surface area contributed by atoms with Crippen molar-refractivity contribution in [3.63, 3.8) is 0 Å². The zero-order valence-electron chi connectivity index (χ0n) is 12.3. The Kier molecular flexibility index (Phi) is 6.89. The number of nitrogens with one attached hydrogen (secondary N) is 1. The van der Waals surface area contributed by atoms with Crippen LogP contribution in [0.1, 0.15) is 5.56 Å². The van der Waals surface area contributed by atoms with Crippen LogP contribution in [0.25, 0.3) is 9.95 Å². The van der Waals surface area contributed by atoms with Gasteiger partial charge in [0.25, 0.3) is 0 Å². The van der Waals surface area contributed by atoms with Gasteiger partial charge < -0.3 is 24.8 Å². The fourth-order valence-electron chi connectivity index (χ4n) is 2.46. The summed E-state index contributed by atoms with van der Waals surface area (Å²) in [6.45, 7) is 7.01. The third-order valence-corrected chi connectivity index (χ3v) is 7.87. The number of hydrogen-bond donors (Lipinski definition) is 1. The molecule has 0 atom stereocenters. The van der Waals surface area contributed by atoms with Crippen LogP contribution < -0.4 is 39.3 Å². The number of aromatic nitrogens is 1. The van der Waals surface area contributed by atoms with Crippen LogP contribution in [-0.4, -0.2) is 18.6 Å². The molecule has 3 rings (SSSR count). The first-order valence-electron chi connectivity index (χ1n) is 6.57. The number of rotatable bonds is 2. The van der Waals surface area contributed by atoms with E-state index in [0.29, 0.717) is 0 Å². The number of aryl methyl sites for hydroxylation is 1. The molecule has 0 saturated carbocycles. The van der Waals surface area contributed by atoms with E-state index in [4.69, 9.17) is 0 Å². The van der Waals surface area contributed by atoms with E-state index in [1.54, 1.807) is 9.05 Å². The van der Waals surface area contributed by atoms with Crippen LogP contribution in [0.2, 0.25) is 13.1 Å². The van der Waals surface area contributed by atoms with Crippen molar-refractivity contribution in [2.45, 2.75) is 20.0 Å². The molecule has 0 radical (unpaired) electrons. The third kappa shape index (κ3) is 3.69. The summed E-state index contributed by atoms with van der Waals surface area (Å²) in [6.07, 6.45) is 4.50. The molecule has 1 aromatic heterocycles. The van der Waals surface area contributed by atoms with Crippen molar-refractivity contribution in [3.8, 4) is 0 Å². The Morgan fingerprint density at radius 2 is 1.76 bits per heavy atom. The molecule has 21 heavy (non-hydrogen) atoms. The number of hydrogen-bond acceptors (Lipinski definition) is 0. The maximum atomic E-state index is 3.44. The maximum Gasteiger partial charge on any atom is -1.00 e. The topological polar surface area (TPSA) is 15.8 Å². The summed E-state index contributed by atoms with van der Waals surface area (Å²) in [5.41, 5.74) is 1.41. The second-order valence-electron chi connectivity index (χ2n) is 5.18. The molecule has 1 nitrogen and oxygen atoms in total. The molecular weight excluding hydrogens is 353 g/mol. The van der Waals surface area contributed by atoms with Crippen molar-refractivity contribution >= 4 is 27.5 Å². The number of aromatic amines is 1. The number of halogens is 2. The second-order valence-corrected chi connectivity index (χ2v) is 9.67. The van der Waals surface area contributed by atoms with Gasteiger partial charge in [0, 0.05) is 0 Å². The van der Waals surface area contributed by atoms with Crippen LogP contribution in [0.4, 0.5) is 0 Å². The predicted octanol–water partition coefficient (Wildman–Crippen LogP) is -4.85. The summed E-state index contributed by atoms with van der Waals surface area (Å²) >= 11 is -0.260. The van der Waals surface area contributed by atoms with Gasteiger partial charge in [-0.15, -0.1) is 0 Å². The van der Waals surface area contributed by atoms with Gasteiger partial charge in [0.1, 0.15) is 0 Å². The van der Waals surface area contributed by atoms with E-state index in [1.165, 1.54) is 20.0 Å². The summed E-state index contributed by atoms with van der Waals surface area (Å²) in [5, 5.41) is 4.55. The second kappa shape index (κ2) is 7.75. The molecule has 5 heteroatoms. The van der Waals surface area contributed by atoms with Gasteiger partial charge in [-0.25, -0.2) is 0 Å². The molecule has 1 N–H and O–H groups in total. The number of fused-ring (bicyclic) bond motifs is 1. The minimum atomic E-state index is -0.400. The van der Waals surface area contributed by atoms with Gasteiger partial charge in [-0.1, -0.05) is 0 Å². The molecule has 0 aliphatic heterocycles. The summed E-state index contributed by atoms with van der Waals surface area (Å²) in [6, 6.07) is 11.0. The Balaban J connectivity index is 0.00000110. The minimum Gasteiger partial charge on any atom is -1.00 e. The first-order chi connectivity index (χ1) is 9.16. The van der Waals surface area contributed by atoms with Gasteiger partial charge in [-0.3, -0.25) is 0 Å². The molecule has 0 saturated heterocycles. The Bertz CT molecular complexity index is 789. The van der Waals surface area contributed by atoms with Gasteiger partial charge in [0.15, 0.2) is 0 Å². The Labute approximate surface area is 148 Å². The molecule has 1 heterocycles. The van der Waals surface area contributed by atoms with Gasteiger partial charge >= 0.3 is 124 Å². The Morgan fingerprint density at radius 3 is 2.38 bits per heavy atom. The fourth-order valence-corrected chi connectivity index (χ4v) is 6.93. The average Bonchev–Trinajstić information content (AvgIpc) is 2.95. The van der Waals surface area contributed by atoms with Crippen molar-refractivity contribution in [2.24, 2.45) is 0 Å². The fraction of sp³-hybridized carbons (Fsp3) is 0.188. The van der Waals surface area contributed by atoms with E-state index in [1.807, 2.05) is 0 Å². The van der Waals surface area contributed by atoms with Crippen molar-refractivity contribution < 1.29 is 44.0 Å². The molecule has 0 bridgehead atoms. The molecule has 0 fully saturated rings. The molecule has 1 aliphatic rings. The molecular formula is C16H17Cl2NSiTi. The van der Waals surface area contributed by atoms with Crippen LogP contribution in [0.5, 0.6) is 0 Å². The zero-order valence-corrected chi connectivity index (χ0v) is 16.4. The van der Waals surface area contributed by atoms with Crippen LogP contribution in [0.15, 0.2) is 36.5 Å². The van der Waals surface area contributed by atoms with Gasteiger partial charge in [-0.2, -0.15) is 0 Å². The molecule has 108 valence electrons. The number of H-pyrrole nitrogens is 1. The molecule has 2 aromatic rings. The smallest absolute Gasteiger partial charge is 1.00 e. The first-order valence-corrected chi connectivity index (χ1v) is 10.6. The van der Waals surface area contributed by atoms with E-state index < -0.39 is 8.41 Å². The van der Waals surface area contributed by atoms with Crippen molar-refractivity contribution in [2.75, 3.05) is 0 Å². The van der Waals surface area contributed by atoms with E-state index in [-0.39, 0.29) is 44.0 Å². The normalized spacial score (nSPS) is 11.8. The monoisotopic (exact) mass is 369 g/mol. The van der Waals surface area contributed by atoms with Crippen LogP contribution in [-0.2, 0) is 19.2 Å². The molecule has 0 spiro atoms. The van der Waals surface area contributed by atoms with Crippen LogP contribution in [0, 0.1) is 6.92 Å². The molecule has 1 aliphatic carbocycles. The zero-order chi connectivity index (χ0) is 13.4. The first kappa shape index (κ1) is 18.7. The summed E-state index contributed by atoms with van der Waals surface area (Å²) in [7, 11) is -0.400. The molecule has 1 aromatic carbocycles. The maximum absolute atomic E-state index is 3.44. The number of benzene rings is 1. The third-order valence-electron chi connectivity index (χ3n) is 3.54. The largest absolute Gasteiger partial charge is 1.00 e. The van der Waals surface area contributed by atoms with Crippen molar-refractivity contribution in [1.82, 2.24) is 4.98 Å². The molecule has 0 amide bonds. The minimum absolute atomic E-state index is 0.